The second-order valence-electron chi connectivity index (χ2n) is 8.80. The van der Waals surface area contributed by atoms with Gasteiger partial charge in [-0.2, -0.15) is 0 Å². The summed E-state index contributed by atoms with van der Waals surface area (Å²) >= 11 is 12.8. The zero-order valence-electron chi connectivity index (χ0n) is 18.2. The summed E-state index contributed by atoms with van der Waals surface area (Å²) < 4.78 is 11.5. The zero-order valence-corrected chi connectivity index (χ0v) is 19.7. The molecular weight excluding hydrogens is 437 g/mol. The van der Waals surface area contributed by atoms with E-state index in [2.05, 4.69) is 0 Å². The first kappa shape index (κ1) is 23.6. The van der Waals surface area contributed by atoms with Crippen molar-refractivity contribution in [3.8, 4) is 0 Å². The van der Waals surface area contributed by atoms with E-state index in [1.165, 1.54) is 0 Å². The molecule has 0 radical (unpaired) electrons. The van der Waals surface area contributed by atoms with Crippen LogP contribution in [-0.2, 0) is 31.3 Å². The van der Waals surface area contributed by atoms with Crippen LogP contribution in [0.2, 0.25) is 10.0 Å². The molecule has 31 heavy (non-hydrogen) atoms. The molecule has 1 unspecified atom stereocenters. The number of halogens is 2. The van der Waals surface area contributed by atoms with Crippen molar-refractivity contribution in [2.45, 2.75) is 46.3 Å². The van der Waals surface area contributed by atoms with E-state index in [9.17, 15) is 9.59 Å². The van der Waals surface area contributed by atoms with E-state index < -0.39 is 11.6 Å². The van der Waals surface area contributed by atoms with Crippen LogP contribution in [0.15, 0.2) is 42.5 Å². The summed E-state index contributed by atoms with van der Waals surface area (Å²) in [5.41, 5.74) is 0.0755. The summed E-state index contributed by atoms with van der Waals surface area (Å²) in [6.45, 7) is 8.57. The van der Waals surface area contributed by atoms with Gasteiger partial charge in [-0.15, -0.1) is 0 Å². The number of nitrogens with zero attached hydrogens (tertiary/aromatic N) is 1. The number of carbonyl (C=O) groups excluding carboxylic acids is 2. The molecule has 1 aliphatic heterocycles. The predicted molar refractivity (Wildman–Crippen MR) is 122 cm³/mol. The average molecular weight is 464 g/mol. The van der Waals surface area contributed by atoms with Crippen molar-refractivity contribution in [3.05, 3.63) is 63.6 Å². The van der Waals surface area contributed by atoms with Crippen LogP contribution < -0.4 is 4.90 Å². The molecule has 166 valence electrons. The smallest absolute Gasteiger partial charge is 0.309 e. The first-order valence-electron chi connectivity index (χ1n) is 10.2. The normalized spacial score (nSPS) is 19.0. The van der Waals surface area contributed by atoms with Crippen LogP contribution in [0.4, 0.5) is 5.69 Å². The van der Waals surface area contributed by atoms with Gasteiger partial charge < -0.3 is 14.4 Å². The Labute approximate surface area is 193 Å². The van der Waals surface area contributed by atoms with Crippen LogP contribution >= 0.6 is 23.2 Å². The molecule has 0 bridgehead atoms. The minimum atomic E-state index is -1.62. The van der Waals surface area contributed by atoms with E-state index in [1.54, 1.807) is 48.2 Å². The SMILES string of the molecule is CCOC(=O)CC1(c2ccccc2Cl)OCc2cc(Cl)ccc2N(CC(C)(C)C)C1=O. The van der Waals surface area contributed by atoms with Gasteiger partial charge in [0.05, 0.1) is 19.6 Å². The average Bonchev–Trinajstić information content (AvgIpc) is 2.78. The van der Waals surface area contributed by atoms with Gasteiger partial charge in [0.1, 0.15) is 0 Å². The Bertz CT molecular complexity index is 986. The molecule has 0 saturated carbocycles. The number of rotatable bonds is 5. The van der Waals surface area contributed by atoms with E-state index in [0.29, 0.717) is 27.8 Å². The molecule has 0 saturated heterocycles. The lowest BCUT2D eigenvalue weighted by Crippen LogP contribution is -2.51. The Hall–Kier alpha value is -2.08. The Morgan fingerprint density at radius 2 is 1.90 bits per heavy atom. The Morgan fingerprint density at radius 1 is 1.19 bits per heavy atom. The van der Waals surface area contributed by atoms with Gasteiger partial charge >= 0.3 is 5.97 Å². The van der Waals surface area contributed by atoms with Gasteiger partial charge in [-0.3, -0.25) is 9.59 Å². The highest BCUT2D eigenvalue weighted by molar-refractivity contribution is 6.32. The van der Waals surface area contributed by atoms with Gasteiger partial charge in [0.15, 0.2) is 5.60 Å². The molecule has 2 aromatic carbocycles. The van der Waals surface area contributed by atoms with E-state index in [1.807, 2.05) is 26.8 Å². The molecule has 0 aliphatic carbocycles. The van der Waals surface area contributed by atoms with Crippen LogP contribution in [-0.4, -0.2) is 25.0 Å². The monoisotopic (exact) mass is 463 g/mol. The predicted octanol–water partition coefficient (Wildman–Crippen LogP) is 5.75. The second-order valence-corrected chi connectivity index (χ2v) is 9.65. The summed E-state index contributed by atoms with van der Waals surface area (Å²) in [5.74, 6) is -0.889. The zero-order chi connectivity index (χ0) is 22.8. The first-order valence-corrected chi connectivity index (χ1v) is 11.0. The molecule has 7 heteroatoms. The van der Waals surface area contributed by atoms with Crippen molar-refractivity contribution < 1.29 is 19.1 Å². The van der Waals surface area contributed by atoms with Crippen molar-refractivity contribution >= 4 is 40.8 Å². The third-order valence-corrected chi connectivity index (χ3v) is 5.60. The van der Waals surface area contributed by atoms with E-state index >= 15 is 0 Å². The van der Waals surface area contributed by atoms with Gasteiger partial charge in [-0.1, -0.05) is 62.2 Å². The largest absolute Gasteiger partial charge is 0.466 e. The van der Waals surface area contributed by atoms with Crippen molar-refractivity contribution in [1.29, 1.82) is 0 Å². The number of hydrogen-bond acceptors (Lipinski definition) is 4. The van der Waals surface area contributed by atoms with Crippen molar-refractivity contribution in [2.75, 3.05) is 18.1 Å². The summed E-state index contributed by atoms with van der Waals surface area (Å²) in [6, 6.07) is 12.3. The fraction of sp³-hybridized carbons (Fsp3) is 0.417. The summed E-state index contributed by atoms with van der Waals surface area (Å²) in [7, 11) is 0. The molecule has 1 heterocycles. The van der Waals surface area contributed by atoms with Crippen molar-refractivity contribution in [2.24, 2.45) is 5.41 Å². The lowest BCUT2D eigenvalue weighted by Gasteiger charge is -2.37. The maximum absolute atomic E-state index is 14.2. The maximum atomic E-state index is 14.2. The van der Waals surface area contributed by atoms with Crippen LogP contribution in [0, 0.1) is 5.41 Å². The van der Waals surface area contributed by atoms with Crippen LogP contribution in [0.25, 0.3) is 0 Å². The third-order valence-electron chi connectivity index (χ3n) is 5.04. The fourth-order valence-electron chi connectivity index (χ4n) is 3.77. The molecule has 3 rings (SSSR count). The summed E-state index contributed by atoms with van der Waals surface area (Å²) in [4.78, 5) is 28.5. The molecule has 5 nitrogen and oxygen atoms in total. The number of esters is 1. The van der Waals surface area contributed by atoms with E-state index in [-0.39, 0.29) is 31.0 Å². The molecule has 1 amide bonds. The quantitative estimate of drug-likeness (QED) is 0.529. The Kier molecular flexibility index (Phi) is 6.99. The highest BCUT2D eigenvalue weighted by Gasteiger charge is 2.50. The highest BCUT2D eigenvalue weighted by Crippen LogP contribution is 2.43. The number of carbonyl (C=O) groups is 2. The number of benzene rings is 2. The second kappa shape index (κ2) is 9.19. The minimum absolute atomic E-state index is 0.0902. The van der Waals surface area contributed by atoms with Gasteiger partial charge in [0.2, 0.25) is 0 Å². The molecular formula is C24H27Cl2NO4. The number of hydrogen-bond donors (Lipinski definition) is 0. The van der Waals surface area contributed by atoms with Gasteiger partial charge in [-0.25, -0.2) is 0 Å². The lowest BCUT2D eigenvalue weighted by atomic mass is 9.87. The van der Waals surface area contributed by atoms with Gasteiger partial charge in [-0.05, 0) is 36.6 Å². The van der Waals surface area contributed by atoms with Gasteiger partial charge in [0, 0.05) is 33.4 Å². The van der Waals surface area contributed by atoms with E-state index in [0.717, 1.165) is 5.56 Å². The molecule has 1 atom stereocenters. The maximum Gasteiger partial charge on any atom is 0.309 e. The summed E-state index contributed by atoms with van der Waals surface area (Å²) in [6.07, 6.45) is -0.286. The summed E-state index contributed by atoms with van der Waals surface area (Å²) in [5, 5.41) is 0.890. The highest BCUT2D eigenvalue weighted by atomic mass is 35.5. The lowest BCUT2D eigenvalue weighted by molar-refractivity contribution is -0.163. The number of anilines is 1. The number of amides is 1. The molecule has 2 aromatic rings. The fourth-order valence-corrected chi connectivity index (χ4v) is 4.26. The molecule has 0 N–H and O–H groups in total. The van der Waals surface area contributed by atoms with E-state index in [4.69, 9.17) is 32.7 Å². The number of ether oxygens (including phenoxy) is 2. The topological polar surface area (TPSA) is 55.8 Å². The first-order chi connectivity index (χ1) is 14.6. The molecule has 1 aliphatic rings. The van der Waals surface area contributed by atoms with Crippen molar-refractivity contribution in [1.82, 2.24) is 0 Å². The standard InChI is InChI=1S/C24H27Cl2NO4/c1-5-30-21(28)13-24(18-8-6-7-9-19(18)26)22(29)27(15-23(2,3)4)20-11-10-17(25)12-16(20)14-31-24/h6-12H,5,13-15H2,1-4H3. The molecule has 0 aromatic heterocycles. The minimum Gasteiger partial charge on any atom is -0.466 e. The van der Waals surface area contributed by atoms with Crippen LogP contribution in [0.5, 0.6) is 0 Å². The van der Waals surface area contributed by atoms with Crippen LogP contribution in [0.1, 0.15) is 45.2 Å². The Morgan fingerprint density at radius 3 is 2.55 bits per heavy atom. The van der Waals surface area contributed by atoms with Crippen molar-refractivity contribution in [3.63, 3.8) is 0 Å². The third kappa shape index (κ3) is 5.05. The number of fused-ring (bicyclic) bond motifs is 1. The Balaban J connectivity index is 2.22. The molecule has 0 fully saturated rings. The van der Waals surface area contributed by atoms with Crippen LogP contribution in [0.3, 0.4) is 0 Å². The van der Waals surface area contributed by atoms with Gasteiger partial charge in [0.25, 0.3) is 5.91 Å². The molecule has 0 spiro atoms.